The van der Waals surface area contributed by atoms with Gasteiger partial charge in [-0.3, -0.25) is 4.79 Å². The Morgan fingerprint density at radius 2 is 2.00 bits per heavy atom. The van der Waals surface area contributed by atoms with Crippen LogP contribution in [0.1, 0.15) is 10.4 Å². The largest absolute Gasteiger partial charge is 0.452 e. The van der Waals surface area contributed by atoms with Crippen LogP contribution in [0.15, 0.2) is 24.3 Å². The second-order valence-corrected chi connectivity index (χ2v) is 3.06. The average Bonchev–Trinajstić information content (AvgIpc) is 2.34. The van der Waals surface area contributed by atoms with Gasteiger partial charge in [-0.2, -0.15) is 0 Å². The molecule has 0 atom stereocenters. The second kappa shape index (κ2) is 6.28. The minimum atomic E-state index is -0.694. The number of halogens is 1. The summed E-state index contributed by atoms with van der Waals surface area (Å²) < 4.78 is 17.3. The highest BCUT2D eigenvalue weighted by molar-refractivity contribution is 5.91. The summed E-state index contributed by atoms with van der Waals surface area (Å²) >= 11 is 0. The quantitative estimate of drug-likeness (QED) is 0.618. The van der Waals surface area contributed by atoms with Crippen molar-refractivity contribution in [2.75, 3.05) is 13.2 Å². The zero-order valence-corrected chi connectivity index (χ0v) is 8.90. The van der Waals surface area contributed by atoms with Gasteiger partial charge in [0.25, 0.3) is 5.91 Å². The molecule has 17 heavy (non-hydrogen) atoms. The van der Waals surface area contributed by atoms with Crippen LogP contribution in [0.4, 0.5) is 4.39 Å². The van der Waals surface area contributed by atoms with Crippen molar-refractivity contribution in [3.8, 4) is 12.3 Å². The standard InChI is InChI=1S/C12H10FNO3/c1-2-7-14-11(15)8-17-12(16)9-3-5-10(13)6-4-9/h1,3-6H,7-8H2,(H,14,15). The molecule has 0 aliphatic heterocycles. The molecule has 5 heteroatoms. The number of carbonyl (C=O) groups excluding carboxylic acids is 2. The first-order valence-electron chi connectivity index (χ1n) is 4.76. The Morgan fingerprint density at radius 1 is 1.35 bits per heavy atom. The first kappa shape index (κ1) is 12.7. The van der Waals surface area contributed by atoms with Crippen LogP contribution in [0.5, 0.6) is 0 Å². The molecule has 1 N–H and O–H groups in total. The highest BCUT2D eigenvalue weighted by Gasteiger charge is 2.09. The Labute approximate surface area is 97.8 Å². The molecule has 4 nitrogen and oxygen atoms in total. The van der Waals surface area contributed by atoms with Crippen molar-refractivity contribution < 1.29 is 18.7 Å². The molecule has 0 fully saturated rings. The molecular weight excluding hydrogens is 225 g/mol. The second-order valence-electron chi connectivity index (χ2n) is 3.06. The molecule has 0 radical (unpaired) electrons. The number of rotatable bonds is 4. The fourth-order valence-corrected chi connectivity index (χ4v) is 1.00. The number of ether oxygens (including phenoxy) is 1. The van der Waals surface area contributed by atoms with Crippen LogP contribution in [0.25, 0.3) is 0 Å². The van der Waals surface area contributed by atoms with Gasteiger partial charge < -0.3 is 10.1 Å². The highest BCUT2D eigenvalue weighted by Crippen LogP contribution is 2.04. The molecule has 1 amide bonds. The van der Waals surface area contributed by atoms with E-state index in [2.05, 4.69) is 16.0 Å². The monoisotopic (exact) mass is 235 g/mol. The Bertz CT molecular complexity index is 448. The molecule has 0 unspecified atom stereocenters. The van der Waals surface area contributed by atoms with E-state index in [0.717, 1.165) is 12.1 Å². The van der Waals surface area contributed by atoms with Gasteiger partial charge in [0.15, 0.2) is 6.61 Å². The summed E-state index contributed by atoms with van der Waals surface area (Å²) in [5.41, 5.74) is 0.177. The lowest BCUT2D eigenvalue weighted by atomic mass is 10.2. The summed E-state index contributed by atoms with van der Waals surface area (Å²) in [6, 6.07) is 4.82. The molecular formula is C12H10FNO3. The summed E-state index contributed by atoms with van der Waals surface area (Å²) in [5, 5.41) is 2.34. The average molecular weight is 235 g/mol. The zero-order valence-electron chi connectivity index (χ0n) is 8.90. The van der Waals surface area contributed by atoms with Crippen LogP contribution in [0.2, 0.25) is 0 Å². The van der Waals surface area contributed by atoms with Crippen molar-refractivity contribution in [2.24, 2.45) is 0 Å². The number of benzene rings is 1. The van der Waals surface area contributed by atoms with Crippen LogP contribution in [0, 0.1) is 18.2 Å². The van der Waals surface area contributed by atoms with E-state index in [1.165, 1.54) is 12.1 Å². The van der Waals surface area contributed by atoms with E-state index >= 15 is 0 Å². The SMILES string of the molecule is C#CCNC(=O)COC(=O)c1ccc(F)cc1. The number of nitrogens with one attached hydrogen (secondary N) is 1. The fourth-order valence-electron chi connectivity index (χ4n) is 1.00. The van der Waals surface area contributed by atoms with Crippen molar-refractivity contribution in [2.45, 2.75) is 0 Å². The molecule has 0 heterocycles. The van der Waals surface area contributed by atoms with Crippen LogP contribution in [0.3, 0.4) is 0 Å². The van der Waals surface area contributed by atoms with E-state index in [1.54, 1.807) is 0 Å². The van der Waals surface area contributed by atoms with Crippen LogP contribution >= 0.6 is 0 Å². The van der Waals surface area contributed by atoms with Gasteiger partial charge in [0.1, 0.15) is 5.82 Å². The lowest BCUT2D eigenvalue weighted by Crippen LogP contribution is -2.28. The number of hydrogen-bond acceptors (Lipinski definition) is 3. The number of carbonyl (C=O) groups is 2. The van der Waals surface area contributed by atoms with Gasteiger partial charge in [-0.15, -0.1) is 6.42 Å². The summed E-state index contributed by atoms with van der Waals surface area (Å²) in [4.78, 5) is 22.4. The van der Waals surface area contributed by atoms with Crippen molar-refractivity contribution in [3.63, 3.8) is 0 Å². The van der Waals surface area contributed by atoms with E-state index in [9.17, 15) is 14.0 Å². The topological polar surface area (TPSA) is 55.4 Å². The maximum absolute atomic E-state index is 12.6. The zero-order chi connectivity index (χ0) is 12.7. The van der Waals surface area contributed by atoms with Crippen LogP contribution in [-0.2, 0) is 9.53 Å². The minimum absolute atomic E-state index is 0.0763. The molecule has 1 aromatic rings. The molecule has 0 aromatic heterocycles. The van der Waals surface area contributed by atoms with Gasteiger partial charge in [-0.25, -0.2) is 9.18 Å². The fraction of sp³-hybridized carbons (Fsp3) is 0.167. The van der Waals surface area contributed by atoms with Gasteiger partial charge in [0.2, 0.25) is 0 Å². The number of amides is 1. The molecule has 0 aliphatic rings. The highest BCUT2D eigenvalue weighted by atomic mass is 19.1. The van der Waals surface area contributed by atoms with Crippen molar-refractivity contribution in [3.05, 3.63) is 35.6 Å². The molecule has 0 aliphatic carbocycles. The summed E-state index contributed by atoms with van der Waals surface area (Å²) in [5.74, 6) is 0.578. The molecule has 0 saturated heterocycles. The minimum Gasteiger partial charge on any atom is -0.452 e. The van der Waals surface area contributed by atoms with Crippen molar-refractivity contribution in [1.29, 1.82) is 0 Å². The first-order valence-corrected chi connectivity index (χ1v) is 4.76. The van der Waals surface area contributed by atoms with E-state index in [1.807, 2.05) is 0 Å². The summed E-state index contributed by atoms with van der Waals surface area (Å²) in [6.07, 6.45) is 4.93. The maximum atomic E-state index is 12.6. The Kier molecular flexibility index (Phi) is 4.70. The van der Waals surface area contributed by atoms with Crippen molar-refractivity contribution >= 4 is 11.9 Å². The molecule has 1 aromatic carbocycles. The van der Waals surface area contributed by atoms with E-state index in [0.29, 0.717) is 0 Å². The predicted octanol–water partition coefficient (Wildman–Crippen LogP) is 0.732. The molecule has 1 rings (SSSR count). The van der Waals surface area contributed by atoms with Gasteiger partial charge in [0, 0.05) is 0 Å². The Balaban J connectivity index is 2.42. The molecule has 88 valence electrons. The predicted molar refractivity (Wildman–Crippen MR) is 58.5 cm³/mol. The smallest absolute Gasteiger partial charge is 0.338 e. The maximum Gasteiger partial charge on any atom is 0.338 e. The number of hydrogen-bond donors (Lipinski definition) is 1. The number of esters is 1. The van der Waals surface area contributed by atoms with Gasteiger partial charge in [-0.05, 0) is 24.3 Å². The van der Waals surface area contributed by atoms with Gasteiger partial charge in [-0.1, -0.05) is 5.92 Å². The Hall–Kier alpha value is -2.35. The lowest BCUT2D eigenvalue weighted by Gasteiger charge is -2.04. The summed E-state index contributed by atoms with van der Waals surface area (Å²) in [7, 11) is 0. The van der Waals surface area contributed by atoms with E-state index < -0.39 is 24.3 Å². The molecule has 0 saturated carbocycles. The normalized spacial score (nSPS) is 9.18. The van der Waals surface area contributed by atoms with Gasteiger partial charge in [0.05, 0.1) is 12.1 Å². The van der Waals surface area contributed by atoms with Crippen LogP contribution in [-0.4, -0.2) is 25.0 Å². The van der Waals surface area contributed by atoms with E-state index in [-0.39, 0.29) is 12.1 Å². The summed E-state index contributed by atoms with van der Waals surface area (Å²) in [6.45, 7) is -0.342. The van der Waals surface area contributed by atoms with Crippen molar-refractivity contribution in [1.82, 2.24) is 5.32 Å². The first-order chi connectivity index (χ1) is 8.13. The number of terminal acetylenes is 1. The van der Waals surface area contributed by atoms with Gasteiger partial charge >= 0.3 is 5.97 Å². The lowest BCUT2D eigenvalue weighted by molar-refractivity contribution is -0.123. The third-order valence-electron chi connectivity index (χ3n) is 1.80. The Morgan fingerprint density at radius 3 is 2.59 bits per heavy atom. The third-order valence-corrected chi connectivity index (χ3v) is 1.80. The van der Waals surface area contributed by atoms with E-state index in [4.69, 9.17) is 6.42 Å². The van der Waals surface area contributed by atoms with Crippen LogP contribution < -0.4 is 5.32 Å². The molecule has 0 spiro atoms. The third kappa shape index (κ3) is 4.34. The molecule has 0 bridgehead atoms.